The molecule has 2 fully saturated rings. The fraction of sp³-hybridized carbons (Fsp3) is 0.500. The highest BCUT2D eigenvalue weighted by atomic mass is 32.2. The Morgan fingerprint density at radius 3 is 2.89 bits per heavy atom. The third-order valence-corrected chi connectivity index (χ3v) is 5.11. The first kappa shape index (κ1) is 10.7. The van der Waals surface area contributed by atoms with E-state index in [4.69, 9.17) is 10.7 Å². The van der Waals surface area contributed by atoms with Crippen LogP contribution in [-0.4, -0.2) is 21.1 Å². The standard InChI is InChI=1S/C14H17N3S/c15-10-1-4-12-13(7-10)17(11-2-3-11)14(16-12)9-5-6-18-8-9/h1,4,7,9,11H,2-3,5-6,8,15H2. The summed E-state index contributed by atoms with van der Waals surface area (Å²) in [6.45, 7) is 0. The summed E-state index contributed by atoms with van der Waals surface area (Å²) in [6, 6.07) is 6.79. The van der Waals surface area contributed by atoms with Crippen molar-refractivity contribution in [3.63, 3.8) is 0 Å². The Labute approximate surface area is 111 Å². The fourth-order valence-corrected chi connectivity index (χ4v) is 4.09. The molecule has 1 saturated heterocycles. The van der Waals surface area contributed by atoms with Crippen molar-refractivity contribution in [3.8, 4) is 0 Å². The number of hydrogen-bond donors (Lipinski definition) is 1. The van der Waals surface area contributed by atoms with E-state index in [1.54, 1.807) is 0 Å². The molecule has 0 bridgehead atoms. The molecule has 4 rings (SSSR count). The SMILES string of the molecule is Nc1ccc2nc(C3CCSC3)n(C3CC3)c2c1. The van der Waals surface area contributed by atoms with E-state index in [0.717, 1.165) is 11.2 Å². The highest BCUT2D eigenvalue weighted by Gasteiger charge is 2.32. The molecule has 4 heteroatoms. The number of benzene rings is 1. The zero-order valence-electron chi connectivity index (χ0n) is 10.3. The Balaban J connectivity index is 1.92. The highest BCUT2D eigenvalue weighted by Crippen LogP contribution is 2.42. The minimum atomic E-state index is 0.643. The summed E-state index contributed by atoms with van der Waals surface area (Å²) in [7, 11) is 0. The normalized spacial score (nSPS) is 23.9. The molecular weight excluding hydrogens is 242 g/mol. The maximum atomic E-state index is 5.93. The molecule has 1 aliphatic heterocycles. The van der Waals surface area contributed by atoms with Crippen LogP contribution in [-0.2, 0) is 0 Å². The van der Waals surface area contributed by atoms with Crippen LogP contribution in [0.4, 0.5) is 5.69 Å². The summed E-state index contributed by atoms with van der Waals surface area (Å²) in [5, 5.41) is 0. The Hall–Kier alpha value is -1.16. The van der Waals surface area contributed by atoms with Gasteiger partial charge in [0.2, 0.25) is 0 Å². The molecular formula is C14H17N3S. The van der Waals surface area contributed by atoms with Crippen molar-refractivity contribution < 1.29 is 0 Å². The predicted molar refractivity (Wildman–Crippen MR) is 77.1 cm³/mol. The van der Waals surface area contributed by atoms with Gasteiger partial charge in [0, 0.05) is 23.4 Å². The van der Waals surface area contributed by atoms with Crippen molar-refractivity contribution >= 4 is 28.5 Å². The van der Waals surface area contributed by atoms with Crippen molar-refractivity contribution in [2.75, 3.05) is 17.2 Å². The molecule has 2 heterocycles. The van der Waals surface area contributed by atoms with Crippen LogP contribution in [0.3, 0.4) is 0 Å². The van der Waals surface area contributed by atoms with E-state index in [2.05, 4.69) is 28.5 Å². The summed E-state index contributed by atoms with van der Waals surface area (Å²) in [5.74, 6) is 4.46. The van der Waals surface area contributed by atoms with Gasteiger partial charge in [-0.2, -0.15) is 11.8 Å². The molecule has 0 spiro atoms. The number of rotatable bonds is 2. The van der Waals surface area contributed by atoms with Gasteiger partial charge in [-0.15, -0.1) is 0 Å². The summed E-state index contributed by atoms with van der Waals surface area (Å²) < 4.78 is 2.47. The number of nitrogen functional groups attached to an aromatic ring is 1. The van der Waals surface area contributed by atoms with Crippen LogP contribution in [0.5, 0.6) is 0 Å². The third kappa shape index (κ3) is 1.62. The van der Waals surface area contributed by atoms with Crippen LogP contribution in [0.2, 0.25) is 0 Å². The van der Waals surface area contributed by atoms with Gasteiger partial charge in [0.05, 0.1) is 11.0 Å². The molecule has 1 aliphatic carbocycles. The molecule has 2 N–H and O–H groups in total. The van der Waals surface area contributed by atoms with E-state index in [9.17, 15) is 0 Å². The van der Waals surface area contributed by atoms with Crippen LogP contribution < -0.4 is 5.73 Å². The van der Waals surface area contributed by atoms with Crippen LogP contribution >= 0.6 is 11.8 Å². The van der Waals surface area contributed by atoms with Crippen molar-refractivity contribution in [3.05, 3.63) is 24.0 Å². The predicted octanol–water partition coefficient (Wildman–Crippen LogP) is 3.17. The number of nitrogens with two attached hydrogens (primary N) is 1. The van der Waals surface area contributed by atoms with Gasteiger partial charge in [0.25, 0.3) is 0 Å². The van der Waals surface area contributed by atoms with Gasteiger partial charge < -0.3 is 10.3 Å². The molecule has 0 amide bonds. The zero-order valence-corrected chi connectivity index (χ0v) is 11.1. The largest absolute Gasteiger partial charge is 0.399 e. The molecule has 94 valence electrons. The first-order chi connectivity index (χ1) is 8.83. The number of hydrogen-bond acceptors (Lipinski definition) is 3. The van der Waals surface area contributed by atoms with Crippen LogP contribution in [0.25, 0.3) is 11.0 Å². The fourth-order valence-electron chi connectivity index (χ4n) is 2.87. The minimum Gasteiger partial charge on any atom is -0.399 e. The zero-order chi connectivity index (χ0) is 12.1. The topological polar surface area (TPSA) is 43.8 Å². The highest BCUT2D eigenvalue weighted by molar-refractivity contribution is 7.99. The number of fused-ring (bicyclic) bond motifs is 1. The Morgan fingerprint density at radius 1 is 1.28 bits per heavy atom. The van der Waals surface area contributed by atoms with Crippen molar-refractivity contribution in [2.45, 2.75) is 31.2 Å². The van der Waals surface area contributed by atoms with Gasteiger partial charge >= 0.3 is 0 Å². The molecule has 2 aromatic rings. The van der Waals surface area contributed by atoms with Crippen LogP contribution in [0.15, 0.2) is 18.2 Å². The van der Waals surface area contributed by atoms with E-state index in [-0.39, 0.29) is 0 Å². The quantitative estimate of drug-likeness (QED) is 0.842. The number of imidazole rings is 1. The average Bonchev–Trinajstić information content (AvgIpc) is 2.93. The molecule has 1 aromatic heterocycles. The number of anilines is 1. The van der Waals surface area contributed by atoms with E-state index < -0.39 is 0 Å². The third-order valence-electron chi connectivity index (χ3n) is 3.95. The molecule has 1 unspecified atom stereocenters. The van der Waals surface area contributed by atoms with Crippen molar-refractivity contribution in [2.24, 2.45) is 0 Å². The average molecular weight is 259 g/mol. The van der Waals surface area contributed by atoms with Crippen LogP contribution in [0.1, 0.15) is 37.0 Å². The molecule has 2 aliphatic rings. The monoisotopic (exact) mass is 259 g/mol. The lowest BCUT2D eigenvalue weighted by atomic mass is 10.1. The summed E-state index contributed by atoms with van der Waals surface area (Å²) in [5.41, 5.74) is 9.13. The molecule has 1 saturated carbocycles. The lowest BCUT2D eigenvalue weighted by Gasteiger charge is -2.12. The van der Waals surface area contributed by atoms with E-state index >= 15 is 0 Å². The van der Waals surface area contributed by atoms with Crippen molar-refractivity contribution in [1.82, 2.24) is 9.55 Å². The first-order valence-corrected chi connectivity index (χ1v) is 7.83. The summed E-state index contributed by atoms with van der Waals surface area (Å²) >= 11 is 2.05. The Morgan fingerprint density at radius 2 is 2.17 bits per heavy atom. The molecule has 18 heavy (non-hydrogen) atoms. The summed E-state index contributed by atoms with van der Waals surface area (Å²) in [4.78, 5) is 4.89. The van der Waals surface area contributed by atoms with E-state index in [1.807, 2.05) is 6.07 Å². The van der Waals surface area contributed by atoms with Crippen LogP contribution in [0, 0.1) is 0 Å². The maximum absolute atomic E-state index is 5.93. The second kappa shape index (κ2) is 3.92. The maximum Gasteiger partial charge on any atom is 0.114 e. The van der Waals surface area contributed by atoms with E-state index in [1.165, 1.54) is 42.1 Å². The number of thioether (sulfide) groups is 1. The number of aromatic nitrogens is 2. The minimum absolute atomic E-state index is 0.643. The van der Waals surface area contributed by atoms with Crippen molar-refractivity contribution in [1.29, 1.82) is 0 Å². The number of nitrogens with zero attached hydrogens (tertiary/aromatic N) is 2. The van der Waals surface area contributed by atoms with E-state index in [0.29, 0.717) is 12.0 Å². The molecule has 0 radical (unpaired) electrons. The van der Waals surface area contributed by atoms with Gasteiger partial charge in [-0.3, -0.25) is 0 Å². The molecule has 1 atom stereocenters. The smallest absolute Gasteiger partial charge is 0.114 e. The molecule has 3 nitrogen and oxygen atoms in total. The molecule has 1 aromatic carbocycles. The lowest BCUT2D eigenvalue weighted by molar-refractivity contribution is 0.630. The Bertz CT molecular complexity index is 594. The van der Waals surface area contributed by atoms with Gasteiger partial charge in [-0.1, -0.05) is 0 Å². The van der Waals surface area contributed by atoms with Gasteiger partial charge in [0.15, 0.2) is 0 Å². The van der Waals surface area contributed by atoms with Gasteiger partial charge in [-0.05, 0) is 43.2 Å². The second-order valence-electron chi connectivity index (χ2n) is 5.38. The van der Waals surface area contributed by atoms with Gasteiger partial charge in [-0.25, -0.2) is 4.98 Å². The summed E-state index contributed by atoms with van der Waals surface area (Å²) in [6.07, 6.45) is 3.87. The first-order valence-electron chi connectivity index (χ1n) is 6.68. The Kier molecular flexibility index (Phi) is 2.34. The second-order valence-corrected chi connectivity index (χ2v) is 6.53. The lowest BCUT2D eigenvalue weighted by Crippen LogP contribution is -2.07. The van der Waals surface area contributed by atoms with Gasteiger partial charge in [0.1, 0.15) is 5.82 Å².